The Labute approximate surface area is 164 Å². The van der Waals surface area contributed by atoms with Gasteiger partial charge in [0.25, 0.3) is 11.8 Å². The Morgan fingerprint density at radius 3 is 2.11 bits per heavy atom. The predicted molar refractivity (Wildman–Crippen MR) is 107 cm³/mol. The SMILES string of the molecule is CN(C(=O)c1ccccc1C(=O)O)c1ccccc1C(=O)NC1CCCCC1. The molecule has 0 atom stereocenters. The van der Waals surface area contributed by atoms with Crippen LogP contribution in [0.15, 0.2) is 48.5 Å². The lowest BCUT2D eigenvalue weighted by atomic mass is 9.95. The van der Waals surface area contributed by atoms with Gasteiger partial charge in [-0.15, -0.1) is 0 Å². The number of carboxylic acid groups (broad SMARTS) is 1. The zero-order chi connectivity index (χ0) is 20.1. The van der Waals surface area contributed by atoms with Gasteiger partial charge in [-0.2, -0.15) is 0 Å². The van der Waals surface area contributed by atoms with Crippen LogP contribution in [-0.4, -0.2) is 36.0 Å². The van der Waals surface area contributed by atoms with Crippen molar-refractivity contribution in [1.29, 1.82) is 0 Å². The molecule has 0 spiro atoms. The summed E-state index contributed by atoms with van der Waals surface area (Å²) in [6, 6.07) is 13.1. The second kappa shape index (κ2) is 8.69. The molecule has 146 valence electrons. The van der Waals surface area contributed by atoms with E-state index in [1.54, 1.807) is 43.4 Å². The highest BCUT2D eigenvalue weighted by Gasteiger charge is 2.24. The third kappa shape index (κ3) is 4.22. The molecule has 0 aliphatic heterocycles. The van der Waals surface area contributed by atoms with Crippen LogP contribution in [0.25, 0.3) is 0 Å². The summed E-state index contributed by atoms with van der Waals surface area (Å²) >= 11 is 0. The highest BCUT2D eigenvalue weighted by molar-refractivity contribution is 6.14. The molecule has 0 aromatic heterocycles. The third-order valence-corrected chi connectivity index (χ3v) is 5.14. The zero-order valence-electron chi connectivity index (χ0n) is 15.9. The van der Waals surface area contributed by atoms with Crippen LogP contribution in [0.1, 0.15) is 63.2 Å². The average molecular weight is 380 g/mol. The number of hydrogen-bond acceptors (Lipinski definition) is 3. The molecule has 0 bridgehead atoms. The summed E-state index contributed by atoms with van der Waals surface area (Å²) in [6.45, 7) is 0. The van der Waals surface area contributed by atoms with Crippen molar-refractivity contribution in [2.24, 2.45) is 0 Å². The largest absolute Gasteiger partial charge is 0.478 e. The summed E-state index contributed by atoms with van der Waals surface area (Å²) in [4.78, 5) is 38.6. The van der Waals surface area contributed by atoms with Gasteiger partial charge in [0.1, 0.15) is 0 Å². The molecular formula is C22H24N2O4. The van der Waals surface area contributed by atoms with Crippen molar-refractivity contribution in [3.63, 3.8) is 0 Å². The van der Waals surface area contributed by atoms with Gasteiger partial charge in [-0.3, -0.25) is 9.59 Å². The molecule has 1 aliphatic carbocycles. The summed E-state index contributed by atoms with van der Waals surface area (Å²) in [5.74, 6) is -1.86. The normalized spacial score (nSPS) is 14.3. The molecule has 0 radical (unpaired) electrons. The lowest BCUT2D eigenvalue weighted by Crippen LogP contribution is -2.37. The van der Waals surface area contributed by atoms with Crippen molar-refractivity contribution in [3.8, 4) is 0 Å². The molecule has 1 aliphatic rings. The molecule has 6 nitrogen and oxygen atoms in total. The minimum absolute atomic E-state index is 0.0662. The zero-order valence-corrected chi connectivity index (χ0v) is 15.9. The molecule has 0 saturated heterocycles. The molecule has 28 heavy (non-hydrogen) atoms. The fourth-order valence-electron chi connectivity index (χ4n) is 3.61. The Balaban J connectivity index is 1.86. The molecule has 1 fully saturated rings. The number of carbonyl (C=O) groups excluding carboxylic acids is 2. The van der Waals surface area contributed by atoms with Gasteiger partial charge in [-0.25, -0.2) is 4.79 Å². The maximum Gasteiger partial charge on any atom is 0.336 e. The van der Waals surface area contributed by atoms with Crippen molar-refractivity contribution < 1.29 is 19.5 Å². The number of carbonyl (C=O) groups is 3. The van der Waals surface area contributed by atoms with Gasteiger partial charge in [0.15, 0.2) is 0 Å². The molecule has 1 saturated carbocycles. The fourth-order valence-corrected chi connectivity index (χ4v) is 3.61. The monoisotopic (exact) mass is 380 g/mol. The standard InChI is InChI=1S/C22H24N2O4/c1-24(21(26)16-11-5-6-12-17(16)22(27)28)19-14-8-7-13-18(19)20(25)23-15-9-3-2-4-10-15/h5-8,11-15H,2-4,9-10H2,1H3,(H,23,25)(H,27,28). The van der Waals surface area contributed by atoms with Gasteiger partial charge in [0.2, 0.25) is 0 Å². The minimum atomic E-state index is -1.17. The Kier molecular flexibility index (Phi) is 6.09. The first-order chi connectivity index (χ1) is 13.5. The van der Waals surface area contributed by atoms with E-state index in [0.29, 0.717) is 11.3 Å². The van der Waals surface area contributed by atoms with E-state index in [2.05, 4.69) is 5.32 Å². The summed E-state index contributed by atoms with van der Waals surface area (Å²) in [5.41, 5.74) is 0.862. The number of nitrogens with zero attached hydrogens (tertiary/aromatic N) is 1. The van der Waals surface area contributed by atoms with E-state index in [1.807, 2.05) is 0 Å². The average Bonchev–Trinajstić information content (AvgIpc) is 2.73. The second-order valence-corrected chi connectivity index (χ2v) is 7.04. The maximum atomic E-state index is 13.0. The van der Waals surface area contributed by atoms with Gasteiger partial charge in [-0.1, -0.05) is 43.5 Å². The van der Waals surface area contributed by atoms with Gasteiger partial charge in [-0.05, 0) is 37.1 Å². The van der Waals surface area contributed by atoms with Crippen molar-refractivity contribution in [1.82, 2.24) is 5.32 Å². The van der Waals surface area contributed by atoms with Crippen molar-refractivity contribution in [2.45, 2.75) is 38.1 Å². The Morgan fingerprint density at radius 2 is 1.46 bits per heavy atom. The Bertz CT molecular complexity index is 888. The van der Waals surface area contributed by atoms with Crippen LogP contribution in [-0.2, 0) is 0 Å². The quantitative estimate of drug-likeness (QED) is 0.828. The number of rotatable bonds is 5. The molecular weight excluding hydrogens is 356 g/mol. The van der Waals surface area contributed by atoms with E-state index in [4.69, 9.17) is 0 Å². The molecule has 0 heterocycles. The van der Waals surface area contributed by atoms with Gasteiger partial charge in [0, 0.05) is 13.1 Å². The minimum Gasteiger partial charge on any atom is -0.478 e. The lowest BCUT2D eigenvalue weighted by Gasteiger charge is -2.25. The van der Waals surface area contributed by atoms with Crippen LogP contribution in [0, 0.1) is 0 Å². The smallest absolute Gasteiger partial charge is 0.336 e. The molecule has 2 amide bonds. The predicted octanol–water partition coefficient (Wildman–Crippen LogP) is 3.72. The number of aromatic carboxylic acids is 1. The number of para-hydroxylation sites is 1. The summed E-state index contributed by atoms with van der Waals surface area (Å²) in [7, 11) is 1.55. The lowest BCUT2D eigenvalue weighted by molar-refractivity contribution is 0.0691. The maximum absolute atomic E-state index is 13.0. The first-order valence-electron chi connectivity index (χ1n) is 9.49. The second-order valence-electron chi connectivity index (χ2n) is 7.04. The molecule has 2 aromatic carbocycles. The summed E-state index contributed by atoms with van der Waals surface area (Å²) in [5, 5.41) is 12.4. The number of amides is 2. The van der Waals surface area contributed by atoms with Gasteiger partial charge in [0.05, 0.1) is 22.4 Å². The molecule has 3 rings (SSSR count). The van der Waals surface area contributed by atoms with E-state index in [9.17, 15) is 19.5 Å². The number of hydrogen-bond donors (Lipinski definition) is 2. The summed E-state index contributed by atoms with van der Waals surface area (Å²) in [6.07, 6.45) is 5.35. The fraction of sp³-hybridized carbons (Fsp3) is 0.318. The molecule has 6 heteroatoms. The van der Waals surface area contributed by atoms with Crippen molar-refractivity contribution in [2.75, 3.05) is 11.9 Å². The van der Waals surface area contributed by atoms with Crippen LogP contribution in [0.2, 0.25) is 0 Å². The van der Waals surface area contributed by atoms with E-state index in [0.717, 1.165) is 25.7 Å². The third-order valence-electron chi connectivity index (χ3n) is 5.14. The van der Waals surface area contributed by atoms with Crippen molar-refractivity contribution >= 4 is 23.5 Å². The van der Waals surface area contributed by atoms with E-state index in [1.165, 1.54) is 23.5 Å². The number of carboxylic acids is 1. The molecule has 0 unspecified atom stereocenters. The van der Waals surface area contributed by atoms with E-state index < -0.39 is 11.9 Å². The first-order valence-corrected chi connectivity index (χ1v) is 9.49. The summed E-state index contributed by atoms with van der Waals surface area (Å²) < 4.78 is 0. The van der Waals surface area contributed by atoms with E-state index >= 15 is 0 Å². The number of anilines is 1. The Morgan fingerprint density at radius 1 is 0.893 bits per heavy atom. The van der Waals surface area contributed by atoms with Crippen LogP contribution < -0.4 is 10.2 Å². The first kappa shape index (κ1) is 19.6. The van der Waals surface area contributed by atoms with Gasteiger partial charge < -0.3 is 15.3 Å². The highest BCUT2D eigenvalue weighted by atomic mass is 16.4. The van der Waals surface area contributed by atoms with Crippen LogP contribution in [0.3, 0.4) is 0 Å². The highest BCUT2D eigenvalue weighted by Crippen LogP contribution is 2.24. The van der Waals surface area contributed by atoms with E-state index in [-0.39, 0.29) is 23.1 Å². The Hall–Kier alpha value is -3.15. The topological polar surface area (TPSA) is 86.7 Å². The molecule has 2 aromatic rings. The molecule has 2 N–H and O–H groups in total. The van der Waals surface area contributed by atoms with Crippen LogP contribution in [0.4, 0.5) is 5.69 Å². The van der Waals surface area contributed by atoms with Crippen LogP contribution >= 0.6 is 0 Å². The number of nitrogens with one attached hydrogen (secondary N) is 1. The van der Waals surface area contributed by atoms with Crippen LogP contribution in [0.5, 0.6) is 0 Å². The number of benzene rings is 2. The van der Waals surface area contributed by atoms with Gasteiger partial charge >= 0.3 is 5.97 Å². The van der Waals surface area contributed by atoms with Crippen molar-refractivity contribution in [3.05, 3.63) is 65.2 Å².